The number of benzene rings is 3. The van der Waals surface area contributed by atoms with E-state index in [9.17, 15) is 4.79 Å². The number of fused-ring (bicyclic) bond motifs is 1. The molecule has 1 N–H and O–H groups in total. The van der Waals surface area contributed by atoms with E-state index in [1.165, 1.54) is 0 Å². The number of carbonyl (C=O) groups excluding carboxylic acids is 1. The van der Waals surface area contributed by atoms with Crippen LogP contribution in [0.5, 0.6) is 5.75 Å². The standard InChI is InChI=1S/C22H16BrClN2O3/c1-12-15(22-26-18-11-14(24)7-9-20(18)29-22)4-3-5-17(12)25-21(27)13-6-8-19(28-2)16(23)10-13/h3-11H,1-2H3,(H,25,27). The normalized spacial score (nSPS) is 10.9. The van der Waals surface area contributed by atoms with Gasteiger partial charge in [-0.3, -0.25) is 4.79 Å². The molecule has 1 aromatic heterocycles. The van der Waals surface area contributed by atoms with E-state index in [2.05, 4.69) is 26.2 Å². The van der Waals surface area contributed by atoms with Crippen molar-refractivity contribution in [3.8, 4) is 17.2 Å². The average Bonchev–Trinajstić information content (AvgIpc) is 3.12. The molecule has 0 atom stereocenters. The SMILES string of the molecule is COc1ccc(C(=O)Nc2cccc(-c3nc4cc(Cl)ccc4o3)c2C)cc1Br. The molecule has 0 bridgehead atoms. The topological polar surface area (TPSA) is 64.4 Å². The van der Waals surface area contributed by atoms with E-state index < -0.39 is 0 Å². The van der Waals surface area contributed by atoms with Gasteiger partial charge in [0.1, 0.15) is 11.3 Å². The molecule has 1 heterocycles. The molecule has 5 nitrogen and oxygen atoms in total. The summed E-state index contributed by atoms with van der Waals surface area (Å²) in [6, 6.07) is 16.1. The zero-order chi connectivity index (χ0) is 20.5. The summed E-state index contributed by atoms with van der Waals surface area (Å²) in [6.07, 6.45) is 0. The molecule has 1 amide bonds. The smallest absolute Gasteiger partial charge is 0.255 e. The van der Waals surface area contributed by atoms with Gasteiger partial charge in [-0.1, -0.05) is 17.7 Å². The zero-order valence-corrected chi connectivity index (χ0v) is 18.0. The number of amides is 1. The minimum absolute atomic E-state index is 0.224. The van der Waals surface area contributed by atoms with E-state index >= 15 is 0 Å². The summed E-state index contributed by atoms with van der Waals surface area (Å²) >= 11 is 9.44. The number of rotatable bonds is 4. The van der Waals surface area contributed by atoms with Gasteiger partial charge in [-0.15, -0.1) is 0 Å². The van der Waals surface area contributed by atoms with Crippen LogP contribution in [0.2, 0.25) is 5.02 Å². The summed E-state index contributed by atoms with van der Waals surface area (Å²) in [5.41, 5.74) is 4.18. The lowest BCUT2D eigenvalue weighted by molar-refractivity contribution is 0.102. The van der Waals surface area contributed by atoms with Gasteiger partial charge in [0, 0.05) is 21.8 Å². The molecule has 3 aromatic carbocycles. The Labute approximate surface area is 180 Å². The number of oxazole rings is 1. The lowest BCUT2D eigenvalue weighted by atomic mass is 10.1. The third-order valence-corrected chi connectivity index (χ3v) is 5.43. The van der Waals surface area contributed by atoms with Crippen molar-refractivity contribution in [3.05, 3.63) is 75.2 Å². The van der Waals surface area contributed by atoms with Crippen molar-refractivity contribution in [2.45, 2.75) is 6.92 Å². The summed E-state index contributed by atoms with van der Waals surface area (Å²) in [6.45, 7) is 1.91. The monoisotopic (exact) mass is 470 g/mol. The number of nitrogens with one attached hydrogen (secondary N) is 1. The third kappa shape index (κ3) is 3.86. The lowest BCUT2D eigenvalue weighted by Gasteiger charge is -2.12. The first kappa shape index (κ1) is 19.5. The Morgan fingerprint density at radius 3 is 2.76 bits per heavy atom. The van der Waals surface area contributed by atoms with Crippen LogP contribution in [0, 0.1) is 6.92 Å². The second-order valence-electron chi connectivity index (χ2n) is 6.41. The predicted octanol–water partition coefficient (Wildman–Crippen LogP) is 6.48. The van der Waals surface area contributed by atoms with Crippen LogP contribution in [0.15, 0.2) is 63.5 Å². The van der Waals surface area contributed by atoms with Gasteiger partial charge in [0.15, 0.2) is 5.58 Å². The Morgan fingerprint density at radius 2 is 2.00 bits per heavy atom. The summed E-state index contributed by atoms with van der Waals surface area (Å²) in [4.78, 5) is 17.2. The highest BCUT2D eigenvalue weighted by Gasteiger charge is 2.15. The van der Waals surface area contributed by atoms with Crippen molar-refractivity contribution in [1.29, 1.82) is 0 Å². The Hall–Kier alpha value is -2.83. The minimum atomic E-state index is -0.224. The highest BCUT2D eigenvalue weighted by molar-refractivity contribution is 9.10. The maximum Gasteiger partial charge on any atom is 0.255 e. The van der Waals surface area contributed by atoms with Crippen molar-refractivity contribution >= 4 is 50.2 Å². The fraction of sp³-hybridized carbons (Fsp3) is 0.0909. The molecule has 29 heavy (non-hydrogen) atoms. The van der Waals surface area contributed by atoms with Gasteiger partial charge < -0.3 is 14.5 Å². The van der Waals surface area contributed by atoms with Gasteiger partial charge in [-0.05, 0) is 76.9 Å². The van der Waals surface area contributed by atoms with E-state index in [4.69, 9.17) is 20.8 Å². The maximum absolute atomic E-state index is 12.7. The Morgan fingerprint density at radius 1 is 1.17 bits per heavy atom. The molecule has 0 radical (unpaired) electrons. The van der Waals surface area contributed by atoms with Gasteiger partial charge in [0.25, 0.3) is 5.91 Å². The van der Waals surface area contributed by atoms with Crippen molar-refractivity contribution in [2.24, 2.45) is 0 Å². The molecule has 0 spiro atoms. The van der Waals surface area contributed by atoms with Crippen LogP contribution in [0.1, 0.15) is 15.9 Å². The predicted molar refractivity (Wildman–Crippen MR) is 118 cm³/mol. The third-order valence-electron chi connectivity index (χ3n) is 4.58. The molecule has 0 aliphatic rings. The van der Waals surface area contributed by atoms with Gasteiger partial charge in [0.2, 0.25) is 5.89 Å². The number of ether oxygens (including phenoxy) is 1. The largest absolute Gasteiger partial charge is 0.496 e. The zero-order valence-electron chi connectivity index (χ0n) is 15.6. The number of hydrogen-bond donors (Lipinski definition) is 1. The number of anilines is 1. The lowest BCUT2D eigenvalue weighted by Crippen LogP contribution is -2.13. The fourth-order valence-electron chi connectivity index (χ4n) is 3.02. The molecule has 0 unspecified atom stereocenters. The number of hydrogen-bond acceptors (Lipinski definition) is 4. The van der Waals surface area contributed by atoms with Gasteiger partial charge >= 0.3 is 0 Å². The average molecular weight is 472 g/mol. The van der Waals surface area contributed by atoms with Crippen molar-refractivity contribution in [2.75, 3.05) is 12.4 Å². The van der Waals surface area contributed by atoms with Gasteiger partial charge in [-0.2, -0.15) is 0 Å². The van der Waals surface area contributed by atoms with Crippen molar-refractivity contribution < 1.29 is 13.9 Å². The molecule has 0 fully saturated rings. The van der Waals surface area contributed by atoms with Crippen LogP contribution in [0.4, 0.5) is 5.69 Å². The number of nitrogens with zero attached hydrogens (tertiary/aromatic N) is 1. The van der Waals surface area contributed by atoms with E-state index in [0.717, 1.165) is 11.1 Å². The summed E-state index contributed by atoms with van der Waals surface area (Å²) in [5, 5.41) is 3.55. The molecular weight excluding hydrogens is 456 g/mol. The molecule has 0 aliphatic carbocycles. The summed E-state index contributed by atoms with van der Waals surface area (Å²) in [5.74, 6) is 0.914. The van der Waals surface area contributed by atoms with Crippen LogP contribution in [0.25, 0.3) is 22.6 Å². The number of aromatic nitrogens is 1. The molecule has 4 aromatic rings. The summed E-state index contributed by atoms with van der Waals surface area (Å²) < 4.78 is 11.8. The van der Waals surface area contributed by atoms with Gasteiger partial charge in [-0.25, -0.2) is 4.98 Å². The minimum Gasteiger partial charge on any atom is -0.496 e. The van der Waals surface area contributed by atoms with Crippen LogP contribution in [-0.4, -0.2) is 18.0 Å². The quantitative estimate of drug-likeness (QED) is 0.370. The van der Waals surface area contributed by atoms with E-state index in [1.807, 2.05) is 25.1 Å². The fourth-order valence-corrected chi connectivity index (χ4v) is 3.73. The molecule has 0 saturated heterocycles. The number of methoxy groups -OCH3 is 1. The highest BCUT2D eigenvalue weighted by Crippen LogP contribution is 2.32. The van der Waals surface area contributed by atoms with Crippen molar-refractivity contribution in [1.82, 2.24) is 4.98 Å². The van der Waals surface area contributed by atoms with Crippen LogP contribution in [-0.2, 0) is 0 Å². The first-order valence-electron chi connectivity index (χ1n) is 8.77. The number of carbonyl (C=O) groups is 1. The Bertz CT molecular complexity index is 1240. The Balaban J connectivity index is 1.65. The van der Waals surface area contributed by atoms with Gasteiger partial charge in [0.05, 0.1) is 11.6 Å². The molecule has 146 valence electrons. The molecule has 4 rings (SSSR count). The molecule has 0 aliphatic heterocycles. The second-order valence-corrected chi connectivity index (χ2v) is 7.70. The first-order valence-corrected chi connectivity index (χ1v) is 9.94. The molecular formula is C22H16BrClN2O3. The summed E-state index contributed by atoms with van der Waals surface area (Å²) in [7, 11) is 1.58. The number of halogens is 2. The van der Waals surface area contributed by atoms with Crippen molar-refractivity contribution in [3.63, 3.8) is 0 Å². The van der Waals surface area contributed by atoms with Crippen LogP contribution < -0.4 is 10.1 Å². The van der Waals surface area contributed by atoms with E-state index in [1.54, 1.807) is 43.5 Å². The van der Waals surface area contributed by atoms with Crippen LogP contribution in [0.3, 0.4) is 0 Å². The highest BCUT2D eigenvalue weighted by atomic mass is 79.9. The van der Waals surface area contributed by atoms with Crippen LogP contribution >= 0.6 is 27.5 Å². The molecule has 0 saturated carbocycles. The maximum atomic E-state index is 12.7. The molecule has 7 heteroatoms. The van der Waals surface area contributed by atoms with E-state index in [0.29, 0.717) is 43.5 Å². The Kier molecular flexibility index (Phi) is 5.30. The first-order chi connectivity index (χ1) is 14.0. The second kappa shape index (κ2) is 7.89. The van der Waals surface area contributed by atoms with E-state index in [-0.39, 0.29) is 5.91 Å².